The van der Waals surface area contributed by atoms with Crippen molar-refractivity contribution < 1.29 is 4.79 Å². The maximum absolute atomic E-state index is 12.6. The molecule has 2 unspecified atom stereocenters. The molecule has 3 aromatic rings. The number of nitrogens with one attached hydrogen (secondary N) is 1. The second kappa shape index (κ2) is 9.28. The van der Waals surface area contributed by atoms with Crippen molar-refractivity contribution in [2.24, 2.45) is 0 Å². The molecule has 0 saturated carbocycles. The van der Waals surface area contributed by atoms with Crippen LogP contribution < -0.4 is 5.32 Å². The number of thioether (sulfide) groups is 1. The molecule has 0 fully saturated rings. The lowest BCUT2D eigenvalue weighted by Gasteiger charge is -2.18. The van der Waals surface area contributed by atoms with Crippen LogP contribution in [0.1, 0.15) is 31.9 Å². The molecule has 1 heterocycles. The average Bonchev–Trinajstić information content (AvgIpc) is 2.73. The first-order chi connectivity index (χ1) is 13.2. The van der Waals surface area contributed by atoms with Crippen LogP contribution in [-0.2, 0) is 4.79 Å². The van der Waals surface area contributed by atoms with E-state index in [4.69, 9.17) is 0 Å². The van der Waals surface area contributed by atoms with Crippen molar-refractivity contribution in [3.63, 3.8) is 0 Å². The van der Waals surface area contributed by atoms with E-state index in [1.807, 2.05) is 74.5 Å². The van der Waals surface area contributed by atoms with E-state index in [1.54, 1.807) is 6.20 Å². The van der Waals surface area contributed by atoms with Gasteiger partial charge in [-0.15, -0.1) is 10.2 Å². The predicted octanol–water partition coefficient (Wildman–Crippen LogP) is 4.29. The van der Waals surface area contributed by atoms with Crippen LogP contribution in [0.2, 0.25) is 0 Å². The summed E-state index contributed by atoms with van der Waals surface area (Å²) in [5.74, 6) is -0.0189. The molecule has 138 valence electrons. The quantitative estimate of drug-likeness (QED) is 0.621. The van der Waals surface area contributed by atoms with Gasteiger partial charge in [-0.25, -0.2) is 4.98 Å². The number of carbonyl (C=O) groups is 1. The minimum absolute atomic E-state index is 0.0189. The minimum atomic E-state index is -0.263. The zero-order valence-electron chi connectivity index (χ0n) is 15.4. The van der Waals surface area contributed by atoms with E-state index in [9.17, 15) is 4.79 Å². The number of hydrogen-bond donors (Lipinski definition) is 1. The molecular weight excluding hydrogens is 356 g/mol. The molecule has 0 spiro atoms. The molecule has 0 bridgehead atoms. The zero-order chi connectivity index (χ0) is 19.1. The fraction of sp³-hybridized carbons (Fsp3) is 0.238. The Morgan fingerprint density at radius 3 is 2.30 bits per heavy atom. The smallest absolute Gasteiger partial charge is 0.234 e. The van der Waals surface area contributed by atoms with E-state index in [0.717, 1.165) is 16.8 Å². The molecule has 1 N–H and O–H groups in total. The fourth-order valence-corrected chi connectivity index (χ4v) is 3.44. The summed E-state index contributed by atoms with van der Waals surface area (Å²) in [6.07, 6.45) is 2.38. The molecule has 5 nitrogen and oxygen atoms in total. The number of benzene rings is 2. The van der Waals surface area contributed by atoms with Crippen LogP contribution in [-0.4, -0.2) is 26.3 Å². The van der Waals surface area contributed by atoms with Crippen LogP contribution in [0.5, 0.6) is 0 Å². The fourth-order valence-electron chi connectivity index (χ4n) is 2.64. The molecule has 0 radical (unpaired) electrons. The molecule has 0 aliphatic heterocycles. The maximum atomic E-state index is 12.6. The Balaban J connectivity index is 1.63. The molecule has 2 aromatic carbocycles. The molecule has 27 heavy (non-hydrogen) atoms. The van der Waals surface area contributed by atoms with E-state index in [1.165, 1.54) is 11.8 Å². The third kappa shape index (κ3) is 5.14. The van der Waals surface area contributed by atoms with Gasteiger partial charge in [-0.2, -0.15) is 0 Å². The number of nitrogens with zero attached hydrogens (tertiary/aromatic N) is 3. The second-order valence-corrected chi connectivity index (χ2v) is 7.32. The highest BCUT2D eigenvalue weighted by molar-refractivity contribution is 8.00. The first-order valence-corrected chi connectivity index (χ1v) is 9.82. The van der Waals surface area contributed by atoms with Crippen LogP contribution >= 0.6 is 11.8 Å². The first kappa shape index (κ1) is 19.0. The van der Waals surface area contributed by atoms with Crippen LogP contribution in [0, 0.1) is 0 Å². The molecule has 1 aromatic heterocycles. The van der Waals surface area contributed by atoms with Gasteiger partial charge in [0, 0.05) is 5.56 Å². The summed E-state index contributed by atoms with van der Waals surface area (Å²) >= 11 is 1.34. The van der Waals surface area contributed by atoms with Crippen molar-refractivity contribution >= 4 is 17.7 Å². The van der Waals surface area contributed by atoms with Gasteiger partial charge in [0.25, 0.3) is 0 Å². The molecule has 0 saturated heterocycles. The Hall–Kier alpha value is -2.73. The summed E-state index contributed by atoms with van der Waals surface area (Å²) in [5.41, 5.74) is 2.77. The average molecular weight is 379 g/mol. The number of amides is 1. The van der Waals surface area contributed by atoms with Crippen LogP contribution in [0.4, 0.5) is 0 Å². The van der Waals surface area contributed by atoms with E-state index in [0.29, 0.717) is 11.6 Å². The van der Waals surface area contributed by atoms with Crippen LogP contribution in [0.3, 0.4) is 0 Å². The monoisotopic (exact) mass is 378 g/mol. The highest BCUT2D eigenvalue weighted by Gasteiger charge is 2.21. The van der Waals surface area contributed by atoms with Crippen molar-refractivity contribution in [2.45, 2.75) is 36.7 Å². The van der Waals surface area contributed by atoms with Gasteiger partial charge in [-0.3, -0.25) is 4.79 Å². The van der Waals surface area contributed by atoms with Crippen LogP contribution in [0.25, 0.3) is 11.3 Å². The van der Waals surface area contributed by atoms with Gasteiger partial charge < -0.3 is 5.32 Å². The topological polar surface area (TPSA) is 67.8 Å². The SMILES string of the molecule is CCC(Sc1ncc(-c2ccccc2)nn1)C(=O)NC(C)c1ccccc1. The minimum Gasteiger partial charge on any atom is -0.349 e. The van der Waals surface area contributed by atoms with Gasteiger partial charge in [-0.1, -0.05) is 79.3 Å². The van der Waals surface area contributed by atoms with E-state index in [2.05, 4.69) is 20.5 Å². The van der Waals surface area contributed by atoms with Crippen LogP contribution in [0.15, 0.2) is 72.0 Å². The molecule has 6 heteroatoms. The zero-order valence-corrected chi connectivity index (χ0v) is 16.2. The summed E-state index contributed by atoms with van der Waals surface area (Å²) in [7, 11) is 0. The first-order valence-electron chi connectivity index (χ1n) is 8.94. The number of carbonyl (C=O) groups excluding carboxylic acids is 1. The lowest BCUT2D eigenvalue weighted by atomic mass is 10.1. The summed E-state index contributed by atoms with van der Waals surface area (Å²) in [5, 5.41) is 11.7. The van der Waals surface area contributed by atoms with Crippen molar-refractivity contribution in [3.05, 3.63) is 72.4 Å². The number of hydrogen-bond acceptors (Lipinski definition) is 5. The van der Waals surface area contributed by atoms with E-state index < -0.39 is 0 Å². The van der Waals surface area contributed by atoms with Crippen molar-refractivity contribution in [1.29, 1.82) is 0 Å². The van der Waals surface area contributed by atoms with Gasteiger partial charge in [0.15, 0.2) is 0 Å². The third-order valence-corrected chi connectivity index (χ3v) is 5.41. The normalized spacial score (nSPS) is 13.0. The van der Waals surface area contributed by atoms with Gasteiger partial charge in [0.1, 0.15) is 5.69 Å². The van der Waals surface area contributed by atoms with Crippen molar-refractivity contribution in [2.75, 3.05) is 0 Å². The summed E-state index contributed by atoms with van der Waals surface area (Å²) in [4.78, 5) is 17.0. The Labute approximate surface area is 163 Å². The number of aromatic nitrogens is 3. The highest BCUT2D eigenvalue weighted by atomic mass is 32.2. The summed E-state index contributed by atoms with van der Waals surface area (Å²) < 4.78 is 0. The summed E-state index contributed by atoms with van der Waals surface area (Å²) in [6.45, 7) is 3.97. The molecule has 1 amide bonds. The number of rotatable bonds is 7. The Kier molecular flexibility index (Phi) is 6.54. The highest BCUT2D eigenvalue weighted by Crippen LogP contribution is 2.24. The lowest BCUT2D eigenvalue weighted by molar-refractivity contribution is -0.121. The summed E-state index contributed by atoms with van der Waals surface area (Å²) in [6, 6.07) is 19.7. The maximum Gasteiger partial charge on any atom is 0.234 e. The van der Waals surface area contributed by atoms with Crippen molar-refractivity contribution in [1.82, 2.24) is 20.5 Å². The van der Waals surface area contributed by atoms with E-state index in [-0.39, 0.29) is 17.2 Å². The van der Waals surface area contributed by atoms with Crippen molar-refractivity contribution in [3.8, 4) is 11.3 Å². The van der Waals surface area contributed by atoms with Gasteiger partial charge in [0.2, 0.25) is 11.1 Å². The standard InChI is InChI=1S/C21H22N4OS/c1-3-19(20(26)23-15(2)16-10-6-4-7-11-16)27-21-22-14-18(24-25-21)17-12-8-5-9-13-17/h4-15,19H,3H2,1-2H3,(H,23,26). The lowest BCUT2D eigenvalue weighted by Crippen LogP contribution is -2.34. The second-order valence-electron chi connectivity index (χ2n) is 6.15. The van der Waals surface area contributed by atoms with Gasteiger partial charge in [0.05, 0.1) is 17.5 Å². The predicted molar refractivity (Wildman–Crippen MR) is 108 cm³/mol. The Morgan fingerprint density at radius 1 is 1.04 bits per heavy atom. The van der Waals surface area contributed by atoms with E-state index >= 15 is 0 Å². The largest absolute Gasteiger partial charge is 0.349 e. The molecular formula is C21H22N4OS. The van der Waals surface area contributed by atoms with Gasteiger partial charge in [-0.05, 0) is 18.9 Å². The van der Waals surface area contributed by atoms with Gasteiger partial charge >= 0.3 is 0 Å². The molecule has 2 atom stereocenters. The molecule has 3 rings (SSSR count). The molecule has 0 aliphatic carbocycles. The Morgan fingerprint density at radius 2 is 1.70 bits per heavy atom. The Bertz CT molecular complexity index is 856. The third-order valence-electron chi connectivity index (χ3n) is 4.18. The molecule has 0 aliphatic rings.